The van der Waals surface area contributed by atoms with E-state index in [0.29, 0.717) is 0 Å². The molecule has 2 heteroatoms. The van der Waals surface area contributed by atoms with E-state index in [9.17, 15) is 0 Å². The molecule has 0 aromatic heterocycles. The summed E-state index contributed by atoms with van der Waals surface area (Å²) >= 11 is 0. The molecule has 0 aromatic carbocycles. The van der Waals surface area contributed by atoms with Crippen LogP contribution in [-0.4, -0.2) is 13.1 Å². The molecule has 2 atom stereocenters. The molecule has 2 nitrogen and oxygen atoms in total. The molecule has 66 valence electrons. The van der Waals surface area contributed by atoms with Crippen molar-refractivity contribution < 1.29 is 0 Å². The molecule has 0 radical (unpaired) electrons. The molecule has 0 aliphatic heterocycles. The van der Waals surface area contributed by atoms with E-state index in [4.69, 9.17) is 11.5 Å². The molecule has 1 aliphatic rings. The first-order chi connectivity index (χ1) is 5.38. The van der Waals surface area contributed by atoms with Crippen molar-refractivity contribution in [3.05, 3.63) is 0 Å². The predicted molar refractivity (Wildman–Crippen MR) is 48.2 cm³/mol. The van der Waals surface area contributed by atoms with Gasteiger partial charge in [0.1, 0.15) is 0 Å². The van der Waals surface area contributed by atoms with Crippen molar-refractivity contribution in [3.8, 4) is 0 Å². The fraction of sp³-hybridized carbons (Fsp3) is 1.00. The number of rotatable bonds is 4. The second-order valence-corrected chi connectivity index (χ2v) is 3.62. The normalized spacial score (nSPS) is 31.1. The van der Waals surface area contributed by atoms with Crippen molar-refractivity contribution in [2.24, 2.45) is 23.3 Å². The van der Waals surface area contributed by atoms with Crippen LogP contribution in [-0.2, 0) is 0 Å². The summed E-state index contributed by atoms with van der Waals surface area (Å²) in [5.74, 6) is 1.70. The van der Waals surface area contributed by atoms with Gasteiger partial charge in [0, 0.05) is 0 Å². The minimum Gasteiger partial charge on any atom is -0.330 e. The lowest BCUT2D eigenvalue weighted by Gasteiger charge is -2.16. The maximum atomic E-state index is 5.66. The molecule has 4 N–H and O–H groups in total. The van der Waals surface area contributed by atoms with Gasteiger partial charge >= 0.3 is 0 Å². The van der Waals surface area contributed by atoms with Gasteiger partial charge < -0.3 is 11.5 Å². The van der Waals surface area contributed by atoms with Gasteiger partial charge in [0.2, 0.25) is 0 Å². The maximum absolute atomic E-state index is 5.66. The first-order valence-electron chi connectivity index (χ1n) is 4.78. The van der Waals surface area contributed by atoms with E-state index < -0.39 is 0 Å². The summed E-state index contributed by atoms with van der Waals surface area (Å²) in [5, 5.41) is 0. The summed E-state index contributed by atoms with van der Waals surface area (Å²) in [6, 6.07) is 0. The van der Waals surface area contributed by atoms with E-state index in [-0.39, 0.29) is 0 Å². The molecule has 0 unspecified atom stereocenters. The molecule has 0 heterocycles. The van der Waals surface area contributed by atoms with Crippen LogP contribution in [0.15, 0.2) is 0 Å². The lowest BCUT2D eigenvalue weighted by Crippen LogP contribution is -2.19. The first kappa shape index (κ1) is 9.01. The third-order valence-corrected chi connectivity index (χ3v) is 2.90. The van der Waals surface area contributed by atoms with Crippen molar-refractivity contribution in [1.82, 2.24) is 0 Å². The number of hydrogen-bond donors (Lipinski definition) is 2. The second-order valence-electron chi connectivity index (χ2n) is 3.62. The zero-order valence-electron chi connectivity index (χ0n) is 7.26. The highest BCUT2D eigenvalue weighted by Gasteiger charge is 2.24. The quantitative estimate of drug-likeness (QED) is 0.640. The predicted octanol–water partition coefficient (Wildman–Crippen LogP) is 1.10. The number of hydrogen-bond acceptors (Lipinski definition) is 2. The average Bonchev–Trinajstić information content (AvgIpc) is 2.47. The zero-order chi connectivity index (χ0) is 8.10. The first-order valence-corrected chi connectivity index (χ1v) is 4.78. The lowest BCUT2D eigenvalue weighted by atomic mass is 9.92. The van der Waals surface area contributed by atoms with Gasteiger partial charge in [-0.15, -0.1) is 0 Å². The third kappa shape index (κ3) is 2.46. The summed E-state index contributed by atoms with van der Waals surface area (Å²) in [5.41, 5.74) is 11.1. The molecule has 11 heavy (non-hydrogen) atoms. The van der Waals surface area contributed by atoms with Gasteiger partial charge in [-0.3, -0.25) is 0 Å². The SMILES string of the molecule is NCCC[C@@H]1CCC[C@H]1CN. The van der Waals surface area contributed by atoms with E-state index >= 15 is 0 Å². The summed E-state index contributed by atoms with van der Waals surface area (Å²) < 4.78 is 0. The van der Waals surface area contributed by atoms with E-state index in [1.54, 1.807) is 0 Å². The fourth-order valence-corrected chi connectivity index (χ4v) is 2.18. The Bertz CT molecular complexity index is 104. The van der Waals surface area contributed by atoms with Crippen LogP contribution in [0.5, 0.6) is 0 Å². The van der Waals surface area contributed by atoms with Crippen LogP contribution in [0.1, 0.15) is 32.1 Å². The topological polar surface area (TPSA) is 52.0 Å². The number of nitrogens with two attached hydrogens (primary N) is 2. The van der Waals surface area contributed by atoms with Crippen LogP contribution in [0.2, 0.25) is 0 Å². The molecule has 0 spiro atoms. The smallest absolute Gasteiger partial charge is 0.00462 e. The fourth-order valence-electron chi connectivity index (χ4n) is 2.18. The Labute approximate surface area is 69.3 Å². The van der Waals surface area contributed by atoms with Gasteiger partial charge in [-0.1, -0.05) is 12.8 Å². The maximum Gasteiger partial charge on any atom is -0.00462 e. The largest absolute Gasteiger partial charge is 0.330 e. The zero-order valence-corrected chi connectivity index (χ0v) is 7.26. The highest BCUT2D eigenvalue weighted by molar-refractivity contribution is 4.77. The van der Waals surface area contributed by atoms with Crippen LogP contribution in [0.25, 0.3) is 0 Å². The van der Waals surface area contributed by atoms with Gasteiger partial charge in [0.05, 0.1) is 0 Å². The molecular weight excluding hydrogens is 136 g/mol. The van der Waals surface area contributed by atoms with Gasteiger partial charge in [0.25, 0.3) is 0 Å². The standard InChI is InChI=1S/C9H20N2/c10-6-2-5-8-3-1-4-9(8)7-11/h8-9H,1-7,10-11H2/t8-,9-/m0/s1. The van der Waals surface area contributed by atoms with Crippen LogP contribution in [0.4, 0.5) is 0 Å². The Morgan fingerprint density at radius 3 is 2.45 bits per heavy atom. The van der Waals surface area contributed by atoms with E-state index in [2.05, 4.69) is 0 Å². The minimum absolute atomic E-state index is 0.807. The molecule has 0 saturated heterocycles. The Kier molecular flexibility index (Phi) is 3.87. The molecular formula is C9H20N2. The molecule has 0 aromatic rings. The van der Waals surface area contributed by atoms with Gasteiger partial charge in [-0.2, -0.15) is 0 Å². The van der Waals surface area contributed by atoms with Crippen molar-refractivity contribution in [3.63, 3.8) is 0 Å². The van der Waals surface area contributed by atoms with Gasteiger partial charge in [0.15, 0.2) is 0 Å². The van der Waals surface area contributed by atoms with E-state index in [0.717, 1.165) is 24.9 Å². The summed E-state index contributed by atoms with van der Waals surface area (Å²) in [6.45, 7) is 1.73. The van der Waals surface area contributed by atoms with E-state index in [1.165, 1.54) is 32.1 Å². The molecule has 0 amide bonds. The van der Waals surface area contributed by atoms with Gasteiger partial charge in [-0.05, 0) is 44.2 Å². The Morgan fingerprint density at radius 2 is 1.82 bits per heavy atom. The van der Waals surface area contributed by atoms with Crippen molar-refractivity contribution in [2.75, 3.05) is 13.1 Å². The molecule has 1 fully saturated rings. The molecule has 0 bridgehead atoms. The van der Waals surface area contributed by atoms with Crippen molar-refractivity contribution in [2.45, 2.75) is 32.1 Å². The highest BCUT2D eigenvalue weighted by atomic mass is 14.6. The van der Waals surface area contributed by atoms with Crippen LogP contribution in [0, 0.1) is 11.8 Å². The molecule has 1 rings (SSSR count). The highest BCUT2D eigenvalue weighted by Crippen LogP contribution is 2.33. The third-order valence-electron chi connectivity index (χ3n) is 2.90. The Balaban J connectivity index is 2.20. The van der Waals surface area contributed by atoms with Crippen LogP contribution >= 0.6 is 0 Å². The van der Waals surface area contributed by atoms with Gasteiger partial charge in [-0.25, -0.2) is 0 Å². The van der Waals surface area contributed by atoms with Crippen molar-refractivity contribution >= 4 is 0 Å². The van der Waals surface area contributed by atoms with Crippen LogP contribution in [0.3, 0.4) is 0 Å². The molecule has 1 aliphatic carbocycles. The average molecular weight is 156 g/mol. The summed E-state index contributed by atoms with van der Waals surface area (Å²) in [7, 11) is 0. The minimum atomic E-state index is 0.807. The second kappa shape index (κ2) is 4.73. The monoisotopic (exact) mass is 156 g/mol. The van der Waals surface area contributed by atoms with Crippen molar-refractivity contribution in [1.29, 1.82) is 0 Å². The molecule has 1 saturated carbocycles. The van der Waals surface area contributed by atoms with Crippen LogP contribution < -0.4 is 11.5 Å². The summed E-state index contributed by atoms with van der Waals surface area (Å²) in [4.78, 5) is 0. The summed E-state index contributed by atoms with van der Waals surface area (Å²) in [6.07, 6.45) is 6.62. The Hall–Kier alpha value is -0.0800. The Morgan fingerprint density at radius 1 is 1.09 bits per heavy atom. The van der Waals surface area contributed by atoms with E-state index in [1.807, 2.05) is 0 Å². The lowest BCUT2D eigenvalue weighted by molar-refractivity contribution is 0.365.